The van der Waals surface area contributed by atoms with Gasteiger partial charge in [-0.05, 0) is 18.1 Å². The second-order valence-electron chi connectivity index (χ2n) is 8.13. The Labute approximate surface area is 195 Å². The molecular formula is C26H33NO6. The Morgan fingerprint density at radius 1 is 1.00 bits per heavy atom. The van der Waals surface area contributed by atoms with Crippen LogP contribution in [0.3, 0.4) is 0 Å². The van der Waals surface area contributed by atoms with E-state index in [1.165, 1.54) is 6.08 Å². The molecule has 7 nitrogen and oxygen atoms in total. The first-order valence-corrected chi connectivity index (χ1v) is 11.0. The number of nitrogens with zero attached hydrogens (tertiary/aromatic N) is 1. The van der Waals surface area contributed by atoms with Gasteiger partial charge < -0.3 is 14.3 Å². The number of amides is 2. The summed E-state index contributed by atoms with van der Waals surface area (Å²) in [6, 6.07) is 10.0. The second-order valence-corrected chi connectivity index (χ2v) is 8.13. The first kappa shape index (κ1) is 26.2. The van der Waals surface area contributed by atoms with Crippen LogP contribution < -0.4 is 0 Å². The van der Waals surface area contributed by atoms with Crippen LogP contribution in [0.1, 0.15) is 39.2 Å². The third-order valence-corrected chi connectivity index (χ3v) is 5.57. The highest BCUT2D eigenvalue weighted by atomic mass is 16.7. The third-order valence-electron chi connectivity index (χ3n) is 5.57. The van der Waals surface area contributed by atoms with Crippen LogP contribution in [-0.4, -0.2) is 49.3 Å². The molecule has 0 saturated carbocycles. The lowest BCUT2D eigenvalue weighted by molar-refractivity contribution is -0.193. The van der Waals surface area contributed by atoms with Crippen LogP contribution in [0.15, 0.2) is 60.2 Å². The van der Waals surface area contributed by atoms with E-state index in [0.717, 1.165) is 5.56 Å². The molecule has 1 saturated heterocycles. The fourth-order valence-electron chi connectivity index (χ4n) is 3.75. The highest BCUT2D eigenvalue weighted by Crippen LogP contribution is 2.24. The summed E-state index contributed by atoms with van der Waals surface area (Å²) in [5.74, 6) is -1.70. The van der Waals surface area contributed by atoms with E-state index in [-0.39, 0.29) is 36.9 Å². The molecule has 33 heavy (non-hydrogen) atoms. The zero-order valence-electron chi connectivity index (χ0n) is 19.9. The summed E-state index contributed by atoms with van der Waals surface area (Å²) in [5.41, 5.74) is 1.72. The maximum atomic E-state index is 12.0. The Morgan fingerprint density at radius 2 is 1.64 bits per heavy atom. The lowest BCUT2D eigenvalue weighted by Gasteiger charge is -2.30. The summed E-state index contributed by atoms with van der Waals surface area (Å²) < 4.78 is 11.5. The lowest BCUT2D eigenvalue weighted by Crippen LogP contribution is -2.35. The largest absolute Gasteiger partial charge is 0.380 e. The number of hydrogen-bond donors (Lipinski definition) is 0. The van der Waals surface area contributed by atoms with Crippen molar-refractivity contribution in [3.05, 3.63) is 65.8 Å². The Balaban J connectivity index is 1.99. The van der Waals surface area contributed by atoms with Crippen molar-refractivity contribution in [3.8, 4) is 0 Å². The smallest absolute Gasteiger partial charge is 0.357 e. The average molecular weight is 456 g/mol. The van der Waals surface area contributed by atoms with Crippen molar-refractivity contribution in [1.82, 2.24) is 5.06 Å². The van der Waals surface area contributed by atoms with Gasteiger partial charge in [0.1, 0.15) is 0 Å². The quantitative estimate of drug-likeness (QED) is 0.284. The van der Waals surface area contributed by atoms with E-state index in [4.69, 9.17) is 14.3 Å². The van der Waals surface area contributed by atoms with Crippen molar-refractivity contribution in [3.63, 3.8) is 0 Å². The number of allylic oxidation sites excluding steroid dienone is 2. The van der Waals surface area contributed by atoms with Crippen LogP contribution in [0.4, 0.5) is 0 Å². The fourth-order valence-corrected chi connectivity index (χ4v) is 3.75. The maximum Gasteiger partial charge on any atom is 0.357 e. The van der Waals surface area contributed by atoms with Crippen LogP contribution in [-0.2, 0) is 28.7 Å². The molecule has 2 rings (SSSR count). The normalized spacial score (nSPS) is 18.7. The fraction of sp³-hybridized carbons (Fsp3) is 0.423. The molecule has 7 heteroatoms. The molecule has 0 N–H and O–H groups in total. The van der Waals surface area contributed by atoms with Gasteiger partial charge in [-0.3, -0.25) is 9.59 Å². The Bertz CT molecular complexity index is 889. The monoisotopic (exact) mass is 455 g/mol. The SMILES string of the molecule is CO[C@H]([C@H](C)[C@H](/C=C/c1ccccc1)OC)[C@@H](C)/C=C/C(C)=C/C(=O)ON1C(=O)CCC1=O. The Hall–Kier alpha value is -3.03. The summed E-state index contributed by atoms with van der Waals surface area (Å²) >= 11 is 0. The van der Waals surface area contributed by atoms with Crippen LogP contribution >= 0.6 is 0 Å². The van der Waals surface area contributed by atoms with Gasteiger partial charge in [0.2, 0.25) is 0 Å². The molecule has 1 heterocycles. The summed E-state index contributed by atoms with van der Waals surface area (Å²) in [6.45, 7) is 5.85. The zero-order valence-corrected chi connectivity index (χ0v) is 19.9. The third kappa shape index (κ3) is 7.80. The van der Waals surface area contributed by atoms with Crippen molar-refractivity contribution in [1.29, 1.82) is 0 Å². The summed E-state index contributed by atoms with van der Waals surface area (Å²) in [6.07, 6.45) is 8.89. The summed E-state index contributed by atoms with van der Waals surface area (Å²) in [4.78, 5) is 40.0. The summed E-state index contributed by atoms with van der Waals surface area (Å²) in [5, 5.41) is 0.537. The predicted molar refractivity (Wildman–Crippen MR) is 125 cm³/mol. The van der Waals surface area contributed by atoms with Crippen LogP contribution in [0.5, 0.6) is 0 Å². The zero-order chi connectivity index (χ0) is 24.4. The van der Waals surface area contributed by atoms with Crippen molar-refractivity contribution in [2.75, 3.05) is 14.2 Å². The molecule has 1 fully saturated rings. The molecular weight excluding hydrogens is 422 g/mol. The molecule has 1 aliphatic rings. The van der Waals surface area contributed by atoms with E-state index < -0.39 is 17.8 Å². The first-order valence-electron chi connectivity index (χ1n) is 11.0. The number of ether oxygens (including phenoxy) is 2. The van der Waals surface area contributed by atoms with Crippen LogP contribution in [0.25, 0.3) is 6.08 Å². The van der Waals surface area contributed by atoms with Gasteiger partial charge in [-0.15, -0.1) is 5.06 Å². The number of hydroxylamine groups is 2. The molecule has 0 aliphatic carbocycles. The molecule has 4 atom stereocenters. The van der Waals surface area contributed by atoms with Gasteiger partial charge in [-0.1, -0.05) is 68.5 Å². The van der Waals surface area contributed by atoms with E-state index in [2.05, 4.69) is 6.92 Å². The van der Waals surface area contributed by atoms with Gasteiger partial charge in [0, 0.05) is 45.0 Å². The molecule has 0 bridgehead atoms. The number of rotatable bonds is 11. The number of carbonyl (C=O) groups excluding carboxylic acids is 3. The van der Waals surface area contributed by atoms with Crippen molar-refractivity contribution >= 4 is 23.9 Å². The van der Waals surface area contributed by atoms with E-state index in [1.54, 1.807) is 27.2 Å². The van der Waals surface area contributed by atoms with E-state index in [9.17, 15) is 14.4 Å². The second kappa shape index (κ2) is 12.9. The van der Waals surface area contributed by atoms with Gasteiger partial charge in [0.05, 0.1) is 12.2 Å². The first-order chi connectivity index (χ1) is 15.8. The van der Waals surface area contributed by atoms with Gasteiger partial charge in [-0.25, -0.2) is 4.79 Å². The van der Waals surface area contributed by atoms with Gasteiger partial charge in [0.15, 0.2) is 0 Å². The molecule has 1 aliphatic heterocycles. The molecule has 0 aromatic heterocycles. The molecule has 0 unspecified atom stereocenters. The minimum absolute atomic E-state index is 0.0221. The molecule has 1 aromatic carbocycles. The molecule has 178 valence electrons. The Morgan fingerprint density at radius 3 is 2.21 bits per heavy atom. The topological polar surface area (TPSA) is 82.1 Å². The van der Waals surface area contributed by atoms with E-state index >= 15 is 0 Å². The van der Waals surface area contributed by atoms with E-state index in [1.807, 2.05) is 55.5 Å². The minimum Gasteiger partial charge on any atom is -0.380 e. The number of methoxy groups -OCH3 is 2. The highest BCUT2D eigenvalue weighted by molar-refractivity contribution is 6.02. The van der Waals surface area contributed by atoms with E-state index in [0.29, 0.717) is 10.6 Å². The molecule has 1 aromatic rings. The number of imide groups is 1. The summed E-state index contributed by atoms with van der Waals surface area (Å²) in [7, 11) is 3.35. The number of carbonyl (C=O) groups is 3. The standard InChI is InChI=1S/C26H33NO6/c1-18(17-25(30)33-27-23(28)15-16-24(27)29)11-12-19(2)26(32-5)20(3)22(31-4)14-13-21-9-7-6-8-10-21/h6-14,17,19-20,22,26H,15-16H2,1-5H3/b12-11+,14-13+,18-17+/t19-,20+,22-,26-/m0/s1. The van der Waals surface area contributed by atoms with Gasteiger partial charge in [0.25, 0.3) is 11.8 Å². The number of benzene rings is 1. The van der Waals surface area contributed by atoms with Crippen molar-refractivity contribution in [2.24, 2.45) is 11.8 Å². The maximum absolute atomic E-state index is 12.0. The minimum atomic E-state index is -0.768. The molecule has 0 radical (unpaired) electrons. The van der Waals surface area contributed by atoms with Crippen LogP contribution in [0.2, 0.25) is 0 Å². The molecule has 2 amide bonds. The number of hydrogen-bond acceptors (Lipinski definition) is 6. The van der Waals surface area contributed by atoms with Gasteiger partial charge >= 0.3 is 5.97 Å². The molecule has 0 spiro atoms. The van der Waals surface area contributed by atoms with Crippen LogP contribution in [0, 0.1) is 11.8 Å². The average Bonchev–Trinajstić information content (AvgIpc) is 3.11. The Kier molecular flexibility index (Phi) is 10.2. The van der Waals surface area contributed by atoms with Crippen molar-refractivity contribution < 1.29 is 28.7 Å². The predicted octanol–water partition coefficient (Wildman–Crippen LogP) is 4.11. The lowest BCUT2D eigenvalue weighted by atomic mass is 9.88. The van der Waals surface area contributed by atoms with Gasteiger partial charge in [-0.2, -0.15) is 0 Å². The van der Waals surface area contributed by atoms with Crippen molar-refractivity contribution in [2.45, 2.75) is 45.8 Å². The highest BCUT2D eigenvalue weighted by Gasteiger charge is 2.32.